The average molecular weight is 799 g/mol. The number of hydrogen-bond donors (Lipinski definition) is 5. The van der Waals surface area contributed by atoms with Crippen LogP contribution in [-0.4, -0.2) is 88.3 Å². The van der Waals surface area contributed by atoms with Crippen molar-refractivity contribution in [3.05, 3.63) is 58.7 Å². The Morgan fingerprint density at radius 3 is 1.56 bits per heavy atom. The number of amides is 2. The minimum absolute atomic E-state index is 0.0523. The van der Waals surface area contributed by atoms with Crippen LogP contribution in [-0.2, 0) is 34.2 Å². The fourth-order valence-corrected chi connectivity index (χ4v) is 5.46. The number of rotatable bonds is 12. The zero-order chi connectivity index (χ0) is 40.5. The van der Waals surface area contributed by atoms with Gasteiger partial charge in [0.15, 0.2) is 0 Å². The molecule has 0 saturated carbocycles. The van der Waals surface area contributed by atoms with E-state index in [1.807, 2.05) is 15.2 Å². The second-order valence-electron chi connectivity index (χ2n) is 11.8. The predicted molar refractivity (Wildman–Crippen MR) is 166 cm³/mol. The fourth-order valence-electron chi connectivity index (χ4n) is 5.46. The average Bonchev–Trinajstić information content (AvgIpc) is 3.44. The summed E-state index contributed by atoms with van der Waals surface area (Å²) in [6.45, 7) is 0.0152. The van der Waals surface area contributed by atoms with E-state index in [9.17, 15) is 62.6 Å². The number of amidine groups is 1. The van der Waals surface area contributed by atoms with Crippen LogP contribution in [0.1, 0.15) is 35.1 Å². The molecule has 2 aromatic carbocycles. The molecule has 302 valence electrons. The van der Waals surface area contributed by atoms with E-state index in [0.717, 1.165) is 0 Å². The number of nitrogens with one attached hydrogen (secondary N) is 4. The number of anilines is 2. The van der Waals surface area contributed by atoms with Crippen molar-refractivity contribution >= 4 is 29.4 Å². The van der Waals surface area contributed by atoms with Crippen molar-refractivity contribution in [3.8, 4) is 0 Å². The maximum atomic E-state index is 13.2. The van der Waals surface area contributed by atoms with Gasteiger partial charge in [-0.3, -0.25) is 4.99 Å². The zero-order valence-electron chi connectivity index (χ0n) is 28.4. The summed E-state index contributed by atoms with van der Waals surface area (Å²) < 4.78 is 171. The van der Waals surface area contributed by atoms with Gasteiger partial charge in [-0.2, -0.15) is 52.7 Å². The summed E-state index contributed by atoms with van der Waals surface area (Å²) in [6.07, 6.45) is -19.2. The normalized spacial score (nSPS) is 17.1. The quantitative estimate of drug-likeness (QED) is 0.0723. The van der Waals surface area contributed by atoms with Gasteiger partial charge in [0.2, 0.25) is 0 Å². The predicted octanol–water partition coefficient (Wildman–Crippen LogP) is 4.06. The number of ether oxygens (including phenoxy) is 2. The number of nitrogens with two attached hydrogens (primary N) is 1. The number of methoxy groups -OCH3 is 2. The number of benzene rings is 2. The molecule has 3 rings (SSSR count). The van der Waals surface area contributed by atoms with Gasteiger partial charge in [0.1, 0.15) is 25.2 Å². The first-order valence-corrected chi connectivity index (χ1v) is 15.9. The molecule has 0 unspecified atom stereocenters. The highest BCUT2D eigenvalue weighted by Gasteiger charge is 2.40. The summed E-state index contributed by atoms with van der Waals surface area (Å²) in [4.78, 5) is 16.1. The number of nitrogens with zero attached hydrogens (tertiary/aromatic N) is 2. The van der Waals surface area contributed by atoms with E-state index in [1.165, 1.54) is 14.2 Å². The van der Waals surface area contributed by atoms with Gasteiger partial charge in [0.25, 0.3) is 0 Å². The Balaban J connectivity index is 1.72. The molecule has 0 spiro atoms. The van der Waals surface area contributed by atoms with Gasteiger partial charge in [0.05, 0.1) is 54.6 Å². The number of quaternary nitrogens is 1. The lowest BCUT2D eigenvalue weighted by molar-refractivity contribution is -0.666. The van der Waals surface area contributed by atoms with Gasteiger partial charge >= 0.3 is 36.7 Å². The summed E-state index contributed by atoms with van der Waals surface area (Å²) in [5, 5.41) is 23.2. The first-order valence-electron chi connectivity index (χ1n) is 15.9. The van der Waals surface area contributed by atoms with Crippen molar-refractivity contribution in [3.63, 3.8) is 0 Å². The van der Waals surface area contributed by atoms with Gasteiger partial charge in [-0.05, 0) is 49.2 Å². The van der Waals surface area contributed by atoms with Crippen molar-refractivity contribution in [1.82, 2.24) is 10.6 Å². The molecule has 1 heterocycles. The molecule has 0 aromatic heterocycles. The molecule has 0 bridgehead atoms. The van der Waals surface area contributed by atoms with Gasteiger partial charge in [-0.25, -0.2) is 20.0 Å². The van der Waals surface area contributed by atoms with Crippen molar-refractivity contribution in [2.24, 2.45) is 4.99 Å². The van der Waals surface area contributed by atoms with Crippen LogP contribution in [0.25, 0.3) is 0 Å². The third kappa shape index (κ3) is 13.1. The fraction of sp³-hybridized carbons (Fsp3) is 0.516. The molecule has 1 aliphatic rings. The van der Waals surface area contributed by atoms with Gasteiger partial charge < -0.3 is 30.5 Å². The van der Waals surface area contributed by atoms with Crippen molar-refractivity contribution in [2.45, 2.75) is 49.6 Å². The third-order valence-electron chi connectivity index (χ3n) is 7.74. The molecule has 6 N–H and O–H groups in total. The van der Waals surface area contributed by atoms with Crippen LogP contribution >= 0.6 is 0 Å². The number of alkyl halides is 12. The molecule has 1 saturated heterocycles. The first kappa shape index (κ1) is 43.9. The highest BCUT2D eigenvalue weighted by molar-refractivity contribution is 5.89. The van der Waals surface area contributed by atoms with Crippen LogP contribution in [0.5, 0.6) is 0 Å². The summed E-state index contributed by atoms with van der Waals surface area (Å²) in [5.41, 5.74) is -8.05. The SMILES string of the molecule is COC[C@@H]1CC[C@@H](COC)[N+]1=C(NCCN=C([O-])Nc1cc(C(F)(F)F)cc(C(F)(F)F)c1)[NH2+]CCNC(=O)Nc1cc(C(F)(F)F)cc(C(F)(F)F)c1. The second kappa shape index (κ2) is 18.2. The summed E-state index contributed by atoms with van der Waals surface area (Å²) >= 11 is 0. The Bertz CT molecular complexity index is 1560. The molecular formula is C31H36F12N7O4+. The van der Waals surface area contributed by atoms with E-state index in [0.29, 0.717) is 43.1 Å². The first-order chi connectivity index (χ1) is 25.0. The van der Waals surface area contributed by atoms with E-state index in [2.05, 4.69) is 15.6 Å². The lowest BCUT2D eigenvalue weighted by Crippen LogP contribution is -2.94. The second-order valence-corrected chi connectivity index (χ2v) is 11.8. The Kier molecular flexibility index (Phi) is 14.8. The van der Waals surface area contributed by atoms with Crippen molar-refractivity contribution < 1.29 is 82.0 Å². The number of halogens is 12. The van der Waals surface area contributed by atoms with Crippen LogP contribution in [0.15, 0.2) is 41.4 Å². The largest absolute Gasteiger partial charge is 0.846 e. The highest BCUT2D eigenvalue weighted by Crippen LogP contribution is 2.39. The molecular weight excluding hydrogens is 762 g/mol. The lowest BCUT2D eigenvalue weighted by Gasteiger charge is -2.18. The molecule has 0 aliphatic carbocycles. The number of carbonyl (C=O) groups excluding carboxylic acids is 1. The maximum Gasteiger partial charge on any atom is 0.441 e. The standard InChI is InChI=1S/C31H35F12N7O4/c1-53-15-23-3-4-24(16-54-2)50(23)25(44-5-7-46-26(51)48-21-11-17(28(32,33)34)9-18(12-21)29(35,36)37)45-6-8-47-27(52)49-22-13-19(30(38,39)40)10-20(14-22)31(41,42)43/h9-14,23-24H,3-8,15-16H2,1-2H3,(H5,44,45,46,47,48,49,51,52)/p+1/t23-,24-/m0/s1. The molecule has 1 fully saturated rings. The van der Waals surface area contributed by atoms with Gasteiger partial charge in [0, 0.05) is 25.6 Å². The minimum Gasteiger partial charge on any atom is -0.846 e. The van der Waals surface area contributed by atoms with Crippen LogP contribution < -0.4 is 31.7 Å². The van der Waals surface area contributed by atoms with Crippen LogP contribution in [0.4, 0.5) is 68.9 Å². The molecule has 23 heteroatoms. The monoisotopic (exact) mass is 798 g/mol. The summed E-state index contributed by atoms with van der Waals surface area (Å²) in [7, 11) is 2.95. The van der Waals surface area contributed by atoms with E-state index in [-0.39, 0.29) is 63.6 Å². The molecule has 0 radical (unpaired) electrons. The number of hydrogen-bond acceptors (Lipinski definition) is 5. The molecule has 2 atom stereocenters. The van der Waals surface area contributed by atoms with E-state index >= 15 is 0 Å². The molecule has 11 nitrogen and oxygen atoms in total. The minimum atomic E-state index is -5.13. The Morgan fingerprint density at radius 1 is 0.722 bits per heavy atom. The highest BCUT2D eigenvalue weighted by atomic mass is 19.4. The maximum absolute atomic E-state index is 13.2. The van der Waals surface area contributed by atoms with Crippen molar-refractivity contribution in [1.29, 1.82) is 0 Å². The molecule has 2 aromatic rings. The molecule has 54 heavy (non-hydrogen) atoms. The zero-order valence-corrected chi connectivity index (χ0v) is 28.4. The van der Waals surface area contributed by atoms with Gasteiger partial charge in [-0.15, -0.1) is 0 Å². The molecule has 1 aliphatic heterocycles. The number of urea groups is 1. The van der Waals surface area contributed by atoms with E-state index in [1.54, 1.807) is 5.32 Å². The number of aliphatic imine (C=N–C) groups is 1. The van der Waals surface area contributed by atoms with Crippen LogP contribution in [0.2, 0.25) is 0 Å². The van der Waals surface area contributed by atoms with Crippen LogP contribution in [0.3, 0.4) is 0 Å². The third-order valence-corrected chi connectivity index (χ3v) is 7.74. The van der Waals surface area contributed by atoms with Gasteiger partial charge in [-0.1, -0.05) is 0 Å². The summed E-state index contributed by atoms with van der Waals surface area (Å²) in [6, 6.07) is -1.56. The smallest absolute Gasteiger partial charge is 0.441 e. The van der Waals surface area contributed by atoms with E-state index in [4.69, 9.17) is 9.47 Å². The van der Waals surface area contributed by atoms with E-state index < -0.39 is 70.4 Å². The number of carbonyl (C=O) groups is 1. The van der Waals surface area contributed by atoms with Crippen molar-refractivity contribution in [2.75, 3.05) is 64.2 Å². The topological polar surface area (TPSA) is 139 Å². The number of guanidine groups is 1. The van der Waals surface area contributed by atoms with Crippen LogP contribution in [0, 0.1) is 0 Å². The summed E-state index contributed by atoms with van der Waals surface area (Å²) in [5.74, 6) is 0.426. The Hall–Kier alpha value is -4.51. The Labute approximate surface area is 299 Å². The molecule has 2 amide bonds. The lowest BCUT2D eigenvalue weighted by atomic mass is 10.1. The Morgan fingerprint density at radius 2 is 1.15 bits per heavy atom.